The predicted octanol–water partition coefficient (Wildman–Crippen LogP) is 39.1. The van der Waals surface area contributed by atoms with Gasteiger partial charge in [-0.25, -0.2) is 0 Å². The van der Waals surface area contributed by atoms with Crippen LogP contribution in [0.25, 0.3) is 0 Å². The Kier molecular flexibility index (Phi) is 87.4. The Bertz CT molecular complexity index is 1460. The van der Waals surface area contributed by atoms with Gasteiger partial charge in [-0.3, -0.25) is 0 Å². The number of rotatable bonds is 21. The molecule has 3 rings (SSSR count). The van der Waals surface area contributed by atoms with Crippen LogP contribution in [0.4, 0.5) is 0 Å². The lowest BCUT2D eigenvalue weighted by atomic mass is 9.68. The maximum Gasteiger partial charge on any atom is -0.0308 e. The number of hydrogen-bond acceptors (Lipinski definition) is 0. The van der Waals surface area contributed by atoms with Gasteiger partial charge in [-0.15, -0.1) is 0 Å². The van der Waals surface area contributed by atoms with Crippen LogP contribution in [-0.2, 0) is 0 Å². The summed E-state index contributed by atoms with van der Waals surface area (Å²) >= 11 is 0. The first-order valence-electron chi connectivity index (χ1n) is 46.5. The summed E-state index contributed by atoms with van der Waals surface area (Å²) in [5.41, 5.74) is 3.79. The first-order valence-corrected chi connectivity index (χ1v) is 46.5. The SMILES string of the molecule is CC(C(C)(C)C)C(C)(C)C.CC(C)C.CC(C)C(C)(C)C.CC(C)C(C)C(C)C.CC(C1CCCCC1)C1CCCCC1.CCC(C)(C)C.CCC(C)(C)C1CCCCC1.CCC(C)(C)CC.CCC(C)C.CCC(C)CC.CCC(C)[C@H](C)CC.CCC(CC)(CC)CC.CCC[C@H](C)CC. The molecule has 0 aliphatic heterocycles. The average molecular weight is 1450 g/mol. The van der Waals surface area contributed by atoms with Crippen molar-refractivity contribution in [2.75, 3.05) is 0 Å². The van der Waals surface area contributed by atoms with Crippen LogP contribution in [0, 0.1) is 127 Å². The molecule has 3 fully saturated rings. The van der Waals surface area contributed by atoms with Gasteiger partial charge in [0.15, 0.2) is 0 Å². The van der Waals surface area contributed by atoms with Crippen molar-refractivity contribution in [2.24, 2.45) is 127 Å². The van der Waals surface area contributed by atoms with Gasteiger partial charge in [-0.2, -0.15) is 0 Å². The van der Waals surface area contributed by atoms with E-state index in [0.717, 1.165) is 88.8 Å². The van der Waals surface area contributed by atoms with Gasteiger partial charge in [-0.1, -0.05) is 525 Å². The Morgan fingerprint density at radius 3 is 0.676 bits per heavy atom. The topological polar surface area (TPSA) is 0 Å². The van der Waals surface area contributed by atoms with Crippen LogP contribution in [0.1, 0.15) is 538 Å². The zero-order valence-electron chi connectivity index (χ0n) is 83.1. The zero-order valence-corrected chi connectivity index (χ0v) is 83.1. The molecule has 0 aromatic heterocycles. The molecule has 3 atom stereocenters. The van der Waals surface area contributed by atoms with Gasteiger partial charge in [0.05, 0.1) is 0 Å². The molecule has 102 heavy (non-hydrogen) atoms. The van der Waals surface area contributed by atoms with Gasteiger partial charge >= 0.3 is 0 Å². The van der Waals surface area contributed by atoms with E-state index in [1.54, 1.807) is 0 Å². The molecule has 0 aromatic rings. The van der Waals surface area contributed by atoms with E-state index in [9.17, 15) is 0 Å². The minimum atomic E-state index is 0.443. The third-order valence-corrected chi connectivity index (χ3v) is 26.8. The quantitative estimate of drug-likeness (QED) is 0.107. The van der Waals surface area contributed by atoms with Crippen LogP contribution in [0.15, 0.2) is 0 Å². The molecule has 0 saturated heterocycles. The van der Waals surface area contributed by atoms with Crippen molar-refractivity contribution >= 4 is 0 Å². The lowest BCUT2D eigenvalue weighted by Crippen LogP contribution is -2.29. The normalized spacial score (nSPS) is 15.7. The molecule has 0 radical (unpaired) electrons. The number of hydrogen-bond donors (Lipinski definition) is 0. The van der Waals surface area contributed by atoms with Gasteiger partial charge in [-0.05, 0) is 140 Å². The van der Waals surface area contributed by atoms with Crippen molar-refractivity contribution < 1.29 is 0 Å². The fourth-order valence-electron chi connectivity index (χ4n) is 11.5. The molecule has 0 heteroatoms. The summed E-state index contributed by atoms with van der Waals surface area (Å²) in [6.45, 7) is 112. The molecule has 0 bridgehead atoms. The highest BCUT2D eigenvalue weighted by Gasteiger charge is 2.31. The van der Waals surface area contributed by atoms with Crippen LogP contribution < -0.4 is 0 Å². The summed E-state index contributed by atoms with van der Waals surface area (Å²) in [7, 11) is 0. The summed E-state index contributed by atoms with van der Waals surface area (Å²) in [4.78, 5) is 0. The van der Waals surface area contributed by atoms with Gasteiger partial charge in [0, 0.05) is 0 Å². The Balaban J connectivity index is -0.000000114. The van der Waals surface area contributed by atoms with Gasteiger partial charge < -0.3 is 0 Å². The molecular weight excluding hydrogens is 1230 g/mol. The third kappa shape index (κ3) is 85.6. The average Bonchev–Trinajstić information content (AvgIpc) is 0.866. The highest BCUT2D eigenvalue weighted by atomic mass is 14.4. The molecular formula is C102H224. The summed E-state index contributed by atoms with van der Waals surface area (Å²) in [6, 6.07) is 0. The highest BCUT2D eigenvalue weighted by Crippen LogP contribution is 2.42. The smallest absolute Gasteiger partial charge is 0.0308 e. The Morgan fingerprint density at radius 2 is 0.569 bits per heavy atom. The summed E-state index contributed by atoms with van der Waals surface area (Å²) in [6.07, 6.45) is 43.9. The van der Waals surface area contributed by atoms with E-state index < -0.39 is 0 Å². The highest BCUT2D eigenvalue weighted by molar-refractivity contribution is 4.82. The van der Waals surface area contributed by atoms with Crippen LogP contribution in [0.5, 0.6) is 0 Å². The molecule has 3 aliphatic rings. The summed E-state index contributed by atoms with van der Waals surface area (Å²) in [5, 5.41) is 0. The summed E-state index contributed by atoms with van der Waals surface area (Å²) in [5.74, 6) is 13.8. The van der Waals surface area contributed by atoms with E-state index in [4.69, 9.17) is 0 Å². The van der Waals surface area contributed by atoms with Crippen molar-refractivity contribution in [2.45, 2.75) is 538 Å². The van der Waals surface area contributed by atoms with E-state index in [-0.39, 0.29) is 0 Å². The molecule has 1 unspecified atom stereocenters. The fourth-order valence-corrected chi connectivity index (χ4v) is 11.5. The van der Waals surface area contributed by atoms with Crippen LogP contribution in [0.2, 0.25) is 0 Å². The maximum atomic E-state index is 2.55. The standard InChI is InChI=1S/C14H26.C11H22.C10H22.C9H20.2C8H18.3C7H16.2C6H14.C5H12.C4H10/c1-12(13-8-4-2-5-9-13)14-10-6-3-7-11-14;1-4-11(2,3)10-8-6-5-7-9-10;1-8(9(2,3)4)10(5,6)7;1-5-9(6-2,7-3)8-4;1-6(2)8(5)7(3)4;1-5-7(3)8(4)6-2;1-6(2)7(3,4)5;1-5-7(3,4)6-2;1-4-6-7(3)5-2;1-5-6(2,3)4;1-4-6(3)5-2;1-4-5(2)3;1-4(2)3/h12-14H,2-11H2,1H3;10H,4-9H2,1-3H3;8H,1-7H3;5-8H2,1-4H3;6-8H,1-5H3;7-8H,5-6H2,1-4H3;6H,1-5H3;5-6H2,1-4H3;7H,4-6H2,1-3H3;5H2,1-4H3;6H,4-5H2,1-3H3;5H,4H2,1-3H3;4H,1-3H3/t;;;;;7-,8?;;;7-;;;;/m.....1..1..../s1. The van der Waals surface area contributed by atoms with Crippen molar-refractivity contribution in [3.8, 4) is 0 Å². The van der Waals surface area contributed by atoms with E-state index in [0.29, 0.717) is 37.9 Å². The Hall–Kier alpha value is 0. The third-order valence-electron chi connectivity index (χ3n) is 26.8. The maximum absolute atomic E-state index is 2.55. The van der Waals surface area contributed by atoms with Crippen molar-refractivity contribution in [3.05, 3.63) is 0 Å². The molecule has 3 aliphatic carbocycles. The molecule has 3 saturated carbocycles. The Morgan fingerprint density at radius 1 is 0.304 bits per heavy atom. The fraction of sp³-hybridized carbons (Fsp3) is 1.00. The lowest BCUT2D eigenvalue weighted by Gasteiger charge is -2.38. The van der Waals surface area contributed by atoms with Crippen LogP contribution >= 0.6 is 0 Å². The second-order valence-electron chi connectivity index (χ2n) is 41.9. The second kappa shape index (κ2) is 72.5. The van der Waals surface area contributed by atoms with Crippen molar-refractivity contribution in [1.29, 1.82) is 0 Å². The first-order chi connectivity index (χ1) is 46.5. The predicted molar refractivity (Wildman–Crippen MR) is 491 cm³/mol. The largest absolute Gasteiger partial charge is 0.0654 e. The molecule has 0 aromatic carbocycles. The lowest BCUT2D eigenvalue weighted by molar-refractivity contribution is 0.121. The van der Waals surface area contributed by atoms with Crippen LogP contribution in [0.3, 0.4) is 0 Å². The molecule has 0 amide bonds. The molecule has 0 nitrogen and oxygen atoms in total. The van der Waals surface area contributed by atoms with Crippen molar-refractivity contribution in [3.63, 3.8) is 0 Å². The Labute approximate surface area is 661 Å². The molecule has 632 valence electrons. The molecule has 0 heterocycles. The zero-order chi connectivity index (χ0) is 83.1. The minimum absolute atomic E-state index is 0.443. The van der Waals surface area contributed by atoms with E-state index in [1.807, 2.05) is 0 Å². The molecule has 0 spiro atoms. The minimum Gasteiger partial charge on any atom is -0.0654 e. The van der Waals surface area contributed by atoms with E-state index in [1.165, 1.54) is 199 Å². The monoisotopic (exact) mass is 1450 g/mol. The van der Waals surface area contributed by atoms with Gasteiger partial charge in [0.25, 0.3) is 0 Å². The van der Waals surface area contributed by atoms with Crippen molar-refractivity contribution in [1.82, 2.24) is 0 Å². The molecule has 0 N–H and O–H groups in total. The van der Waals surface area contributed by atoms with E-state index >= 15 is 0 Å². The van der Waals surface area contributed by atoms with Gasteiger partial charge in [0.1, 0.15) is 0 Å². The van der Waals surface area contributed by atoms with Gasteiger partial charge in [0.2, 0.25) is 0 Å². The second-order valence-corrected chi connectivity index (χ2v) is 41.9. The van der Waals surface area contributed by atoms with E-state index in [2.05, 4.69) is 339 Å². The first kappa shape index (κ1) is 123. The van der Waals surface area contributed by atoms with Crippen LogP contribution in [-0.4, -0.2) is 0 Å². The summed E-state index contributed by atoms with van der Waals surface area (Å²) < 4.78 is 0.